The number of aromatic nitrogens is 3. The molecule has 0 radical (unpaired) electrons. The number of carbonyl (C=O) groups is 1. The van der Waals surface area contributed by atoms with Gasteiger partial charge in [-0.1, -0.05) is 11.6 Å². The Morgan fingerprint density at radius 1 is 1.42 bits per heavy atom. The lowest BCUT2D eigenvalue weighted by Crippen LogP contribution is -1.98. The van der Waals surface area contributed by atoms with Crippen LogP contribution in [0.4, 0.5) is 0 Å². The van der Waals surface area contributed by atoms with Crippen molar-refractivity contribution in [2.24, 2.45) is 7.05 Å². The molecule has 0 fully saturated rings. The van der Waals surface area contributed by atoms with E-state index >= 15 is 0 Å². The van der Waals surface area contributed by atoms with E-state index in [0.29, 0.717) is 20.6 Å². The van der Waals surface area contributed by atoms with Gasteiger partial charge in [0.1, 0.15) is 10.7 Å². The van der Waals surface area contributed by atoms with Gasteiger partial charge in [0.2, 0.25) is 0 Å². The minimum atomic E-state index is -1.01. The Morgan fingerprint density at radius 3 is 2.58 bits per heavy atom. The van der Waals surface area contributed by atoms with E-state index in [1.54, 1.807) is 23.8 Å². The van der Waals surface area contributed by atoms with Crippen molar-refractivity contribution in [3.8, 4) is 0 Å². The van der Waals surface area contributed by atoms with Crippen LogP contribution in [0.25, 0.3) is 12.2 Å². The molecule has 2 aromatic rings. The molecule has 0 aliphatic heterocycles. The first-order valence-electron chi connectivity index (χ1n) is 5.48. The van der Waals surface area contributed by atoms with Crippen LogP contribution < -0.4 is 0 Å². The molecule has 100 valence electrons. The number of carboxylic acid groups (broad SMARTS) is 1. The maximum atomic E-state index is 10.9. The predicted octanol–water partition coefficient (Wildman–Crippen LogP) is 3.02. The molecule has 0 aromatic carbocycles. The van der Waals surface area contributed by atoms with Gasteiger partial charge in [0.05, 0.1) is 10.7 Å². The number of hydrogen-bond acceptors (Lipinski definition) is 4. The van der Waals surface area contributed by atoms with Crippen molar-refractivity contribution in [2.45, 2.75) is 13.8 Å². The predicted molar refractivity (Wildman–Crippen MR) is 75.7 cm³/mol. The molecule has 1 N–H and O–H groups in total. The molecule has 2 heterocycles. The van der Waals surface area contributed by atoms with Crippen LogP contribution in [0.5, 0.6) is 0 Å². The Bertz CT molecular complexity index is 673. The summed E-state index contributed by atoms with van der Waals surface area (Å²) in [5.74, 6) is -1.01. The zero-order chi connectivity index (χ0) is 14.2. The van der Waals surface area contributed by atoms with Gasteiger partial charge in [-0.25, -0.2) is 9.78 Å². The number of nitrogens with zero attached hydrogens (tertiary/aromatic N) is 3. The average Bonchev–Trinajstić information content (AvgIpc) is 2.83. The minimum absolute atomic E-state index is 0.0907. The van der Waals surface area contributed by atoms with Gasteiger partial charge in [-0.3, -0.25) is 4.68 Å². The van der Waals surface area contributed by atoms with Crippen molar-refractivity contribution in [3.05, 3.63) is 32.0 Å². The van der Waals surface area contributed by atoms with E-state index in [4.69, 9.17) is 16.7 Å². The molecule has 0 amide bonds. The second-order valence-corrected chi connectivity index (χ2v) is 5.62. The molecule has 2 aromatic heterocycles. The number of thiazole rings is 1. The highest BCUT2D eigenvalue weighted by Gasteiger charge is 2.13. The van der Waals surface area contributed by atoms with E-state index in [9.17, 15) is 4.79 Å². The highest BCUT2D eigenvalue weighted by atomic mass is 35.5. The quantitative estimate of drug-likeness (QED) is 0.945. The van der Waals surface area contributed by atoms with E-state index in [1.165, 1.54) is 11.3 Å². The Balaban J connectivity index is 2.30. The number of halogens is 1. The van der Waals surface area contributed by atoms with Crippen molar-refractivity contribution >= 4 is 41.1 Å². The van der Waals surface area contributed by atoms with E-state index in [1.807, 2.05) is 14.0 Å². The maximum absolute atomic E-state index is 10.9. The molecule has 0 saturated heterocycles. The van der Waals surface area contributed by atoms with Gasteiger partial charge >= 0.3 is 5.97 Å². The van der Waals surface area contributed by atoms with Crippen LogP contribution in [0.2, 0.25) is 5.02 Å². The third-order valence-corrected chi connectivity index (χ3v) is 4.09. The molecular weight excluding hydrogens is 286 g/mol. The van der Waals surface area contributed by atoms with E-state index in [-0.39, 0.29) is 5.69 Å². The van der Waals surface area contributed by atoms with Gasteiger partial charge in [0.15, 0.2) is 5.69 Å². The molecular formula is C12H12ClN3O2S. The fourth-order valence-electron chi connectivity index (χ4n) is 1.55. The minimum Gasteiger partial charge on any atom is -0.476 e. The molecule has 0 aliphatic rings. The normalized spacial score (nSPS) is 11.4. The lowest BCUT2D eigenvalue weighted by molar-refractivity contribution is 0.0690. The molecule has 0 saturated carbocycles. The van der Waals surface area contributed by atoms with Crippen LogP contribution in [-0.2, 0) is 7.05 Å². The summed E-state index contributed by atoms with van der Waals surface area (Å²) < 4.78 is 1.69. The standard InChI is InChI=1S/C12H12ClN3O2S/c1-6-10(13)8(15-16(6)3)4-5-9-14-11(12(17)18)7(2)19-9/h4-5H,1-3H3,(H,17,18)/b5-4+. The van der Waals surface area contributed by atoms with Crippen LogP contribution in [0.1, 0.15) is 31.8 Å². The molecule has 0 atom stereocenters. The first-order chi connectivity index (χ1) is 8.90. The molecule has 0 bridgehead atoms. The molecule has 19 heavy (non-hydrogen) atoms. The summed E-state index contributed by atoms with van der Waals surface area (Å²) in [4.78, 5) is 15.6. The summed E-state index contributed by atoms with van der Waals surface area (Å²) in [5, 5.41) is 14.4. The second kappa shape index (κ2) is 5.14. The van der Waals surface area contributed by atoms with E-state index < -0.39 is 5.97 Å². The van der Waals surface area contributed by atoms with E-state index in [0.717, 1.165) is 5.69 Å². The summed E-state index contributed by atoms with van der Waals surface area (Å²) in [6.45, 7) is 3.61. The second-order valence-electron chi connectivity index (χ2n) is 4.00. The lowest BCUT2D eigenvalue weighted by atomic mass is 10.3. The van der Waals surface area contributed by atoms with Gasteiger partial charge in [-0.05, 0) is 26.0 Å². The lowest BCUT2D eigenvalue weighted by Gasteiger charge is -1.89. The largest absolute Gasteiger partial charge is 0.476 e. The van der Waals surface area contributed by atoms with Crippen LogP contribution in [0.15, 0.2) is 0 Å². The molecule has 0 spiro atoms. The van der Waals surface area contributed by atoms with Crippen molar-refractivity contribution in [1.29, 1.82) is 0 Å². The SMILES string of the molecule is Cc1sc(/C=C/c2nn(C)c(C)c2Cl)nc1C(=O)O. The topological polar surface area (TPSA) is 68.0 Å². The Morgan fingerprint density at radius 2 is 2.11 bits per heavy atom. The summed E-state index contributed by atoms with van der Waals surface area (Å²) in [6, 6.07) is 0. The number of aromatic carboxylic acids is 1. The summed E-state index contributed by atoms with van der Waals surface area (Å²) >= 11 is 7.44. The highest BCUT2D eigenvalue weighted by molar-refractivity contribution is 7.12. The number of rotatable bonds is 3. The summed E-state index contributed by atoms with van der Waals surface area (Å²) in [7, 11) is 1.81. The Hall–Kier alpha value is -1.66. The third kappa shape index (κ3) is 2.69. The molecule has 7 heteroatoms. The fraction of sp³-hybridized carbons (Fsp3) is 0.250. The van der Waals surface area contributed by atoms with Crippen molar-refractivity contribution in [1.82, 2.24) is 14.8 Å². The average molecular weight is 298 g/mol. The monoisotopic (exact) mass is 297 g/mol. The van der Waals surface area contributed by atoms with Crippen LogP contribution in [0, 0.1) is 13.8 Å². The van der Waals surface area contributed by atoms with Crippen molar-refractivity contribution in [3.63, 3.8) is 0 Å². The van der Waals surface area contributed by atoms with Gasteiger partial charge in [-0.15, -0.1) is 11.3 Å². The molecule has 5 nitrogen and oxygen atoms in total. The molecule has 0 unspecified atom stereocenters. The van der Waals surface area contributed by atoms with Crippen molar-refractivity contribution < 1.29 is 9.90 Å². The zero-order valence-electron chi connectivity index (χ0n) is 10.6. The summed E-state index contributed by atoms with van der Waals surface area (Å²) in [6.07, 6.45) is 3.46. The highest BCUT2D eigenvalue weighted by Crippen LogP contribution is 2.23. The summed E-state index contributed by atoms with van der Waals surface area (Å²) in [5.41, 5.74) is 1.61. The number of hydrogen-bond donors (Lipinski definition) is 1. The fourth-order valence-corrected chi connectivity index (χ4v) is 2.59. The first-order valence-corrected chi connectivity index (χ1v) is 6.67. The number of aryl methyl sites for hydroxylation is 2. The third-order valence-electron chi connectivity index (χ3n) is 2.69. The van der Waals surface area contributed by atoms with E-state index in [2.05, 4.69) is 10.1 Å². The van der Waals surface area contributed by atoms with Gasteiger partial charge in [0.25, 0.3) is 0 Å². The first kappa shape index (κ1) is 13.8. The number of carboxylic acids is 1. The zero-order valence-corrected chi connectivity index (χ0v) is 12.2. The molecule has 0 aliphatic carbocycles. The van der Waals surface area contributed by atoms with Crippen LogP contribution in [-0.4, -0.2) is 25.8 Å². The smallest absolute Gasteiger partial charge is 0.355 e. The van der Waals surface area contributed by atoms with Crippen LogP contribution >= 0.6 is 22.9 Å². The van der Waals surface area contributed by atoms with Crippen molar-refractivity contribution in [2.75, 3.05) is 0 Å². The Kier molecular flexibility index (Phi) is 3.73. The van der Waals surface area contributed by atoms with Crippen LogP contribution in [0.3, 0.4) is 0 Å². The van der Waals surface area contributed by atoms with Gasteiger partial charge in [0, 0.05) is 11.9 Å². The van der Waals surface area contributed by atoms with Gasteiger partial charge < -0.3 is 5.11 Å². The molecule has 2 rings (SSSR count). The van der Waals surface area contributed by atoms with Gasteiger partial charge in [-0.2, -0.15) is 5.10 Å². The maximum Gasteiger partial charge on any atom is 0.355 e. The Labute approximate surface area is 119 Å².